The van der Waals surface area contributed by atoms with Crippen molar-refractivity contribution in [3.05, 3.63) is 24.4 Å². The standard InChI is InChI=1S/C12H18N2O/c1-2-6-11(5-1)15-10-9-14-12-7-3-4-8-13-12/h3-4,7-8,11H,1-2,5-6,9-10H2,(H,13,14). The molecule has 1 fully saturated rings. The van der Waals surface area contributed by atoms with Crippen LogP contribution in [-0.2, 0) is 4.74 Å². The number of anilines is 1. The van der Waals surface area contributed by atoms with E-state index in [9.17, 15) is 0 Å². The number of nitrogens with zero attached hydrogens (tertiary/aromatic N) is 1. The Labute approximate surface area is 90.9 Å². The third kappa shape index (κ3) is 3.51. The van der Waals surface area contributed by atoms with Crippen molar-refractivity contribution in [1.29, 1.82) is 0 Å². The fourth-order valence-electron chi connectivity index (χ4n) is 1.93. The van der Waals surface area contributed by atoms with Gasteiger partial charge in [-0.1, -0.05) is 18.9 Å². The van der Waals surface area contributed by atoms with Gasteiger partial charge in [0, 0.05) is 12.7 Å². The van der Waals surface area contributed by atoms with Gasteiger partial charge in [-0.15, -0.1) is 0 Å². The second-order valence-corrected chi connectivity index (χ2v) is 3.92. The topological polar surface area (TPSA) is 34.1 Å². The van der Waals surface area contributed by atoms with Crippen molar-refractivity contribution < 1.29 is 4.74 Å². The minimum absolute atomic E-state index is 0.510. The first-order valence-corrected chi connectivity index (χ1v) is 5.71. The maximum Gasteiger partial charge on any atom is 0.125 e. The summed E-state index contributed by atoms with van der Waals surface area (Å²) >= 11 is 0. The quantitative estimate of drug-likeness (QED) is 0.751. The fraction of sp³-hybridized carbons (Fsp3) is 0.583. The van der Waals surface area contributed by atoms with Gasteiger partial charge in [-0.3, -0.25) is 0 Å². The third-order valence-corrected chi connectivity index (χ3v) is 2.73. The van der Waals surface area contributed by atoms with Gasteiger partial charge < -0.3 is 10.1 Å². The number of hydrogen-bond acceptors (Lipinski definition) is 3. The molecule has 0 bridgehead atoms. The van der Waals surface area contributed by atoms with Gasteiger partial charge >= 0.3 is 0 Å². The van der Waals surface area contributed by atoms with Gasteiger partial charge in [0.05, 0.1) is 12.7 Å². The molecule has 0 spiro atoms. The van der Waals surface area contributed by atoms with Crippen LogP contribution in [0.15, 0.2) is 24.4 Å². The Morgan fingerprint density at radius 1 is 1.33 bits per heavy atom. The number of rotatable bonds is 5. The second kappa shape index (κ2) is 5.71. The monoisotopic (exact) mass is 206 g/mol. The predicted octanol–water partition coefficient (Wildman–Crippen LogP) is 2.45. The highest BCUT2D eigenvalue weighted by molar-refractivity contribution is 5.32. The Morgan fingerprint density at radius 2 is 2.20 bits per heavy atom. The van der Waals surface area contributed by atoms with Crippen LogP contribution in [0, 0.1) is 0 Å². The minimum atomic E-state index is 0.510. The maximum absolute atomic E-state index is 5.73. The average molecular weight is 206 g/mol. The molecule has 0 amide bonds. The SMILES string of the molecule is c1ccc(NCCOC2CCCC2)nc1. The molecule has 1 saturated carbocycles. The first-order valence-electron chi connectivity index (χ1n) is 5.71. The van der Waals surface area contributed by atoms with Crippen molar-refractivity contribution in [3.8, 4) is 0 Å². The molecule has 1 aromatic rings. The van der Waals surface area contributed by atoms with Crippen molar-refractivity contribution in [2.75, 3.05) is 18.5 Å². The first-order chi connectivity index (χ1) is 7.45. The molecule has 0 aliphatic heterocycles. The Bertz CT molecular complexity index is 270. The lowest BCUT2D eigenvalue weighted by Crippen LogP contribution is -2.15. The van der Waals surface area contributed by atoms with Gasteiger partial charge in [-0.2, -0.15) is 0 Å². The van der Waals surface area contributed by atoms with E-state index in [4.69, 9.17) is 4.74 Å². The van der Waals surface area contributed by atoms with Gasteiger partial charge in [0.2, 0.25) is 0 Å². The fourth-order valence-corrected chi connectivity index (χ4v) is 1.93. The maximum atomic E-state index is 5.73. The highest BCUT2D eigenvalue weighted by Crippen LogP contribution is 2.20. The summed E-state index contributed by atoms with van der Waals surface area (Å²) in [5.41, 5.74) is 0. The van der Waals surface area contributed by atoms with Crippen molar-refractivity contribution >= 4 is 5.82 Å². The van der Waals surface area contributed by atoms with Crippen LogP contribution in [0.5, 0.6) is 0 Å². The van der Waals surface area contributed by atoms with E-state index in [-0.39, 0.29) is 0 Å². The molecule has 0 atom stereocenters. The zero-order valence-electron chi connectivity index (χ0n) is 8.98. The Kier molecular flexibility index (Phi) is 3.97. The average Bonchev–Trinajstić information content (AvgIpc) is 2.79. The largest absolute Gasteiger partial charge is 0.376 e. The summed E-state index contributed by atoms with van der Waals surface area (Å²) < 4.78 is 5.73. The zero-order valence-corrected chi connectivity index (χ0v) is 8.98. The van der Waals surface area contributed by atoms with Gasteiger partial charge in [-0.05, 0) is 25.0 Å². The molecule has 15 heavy (non-hydrogen) atoms. The second-order valence-electron chi connectivity index (χ2n) is 3.92. The van der Waals surface area contributed by atoms with Crippen LogP contribution in [0.4, 0.5) is 5.82 Å². The molecule has 2 rings (SSSR count). The van der Waals surface area contributed by atoms with E-state index in [1.165, 1.54) is 25.7 Å². The molecule has 82 valence electrons. The van der Waals surface area contributed by atoms with Gasteiger partial charge in [0.1, 0.15) is 5.82 Å². The van der Waals surface area contributed by atoms with Crippen LogP contribution in [0.2, 0.25) is 0 Å². The van der Waals surface area contributed by atoms with Crippen LogP contribution < -0.4 is 5.32 Å². The summed E-state index contributed by atoms with van der Waals surface area (Å²) in [5.74, 6) is 0.924. The van der Waals surface area contributed by atoms with Gasteiger partial charge in [-0.25, -0.2) is 4.98 Å². The number of pyridine rings is 1. The molecule has 3 heteroatoms. The summed E-state index contributed by atoms with van der Waals surface area (Å²) in [7, 11) is 0. The molecule has 1 N–H and O–H groups in total. The normalized spacial score (nSPS) is 16.8. The lowest BCUT2D eigenvalue weighted by Gasteiger charge is -2.11. The van der Waals surface area contributed by atoms with Crippen LogP contribution in [0.25, 0.3) is 0 Å². The van der Waals surface area contributed by atoms with E-state index in [0.717, 1.165) is 19.0 Å². The lowest BCUT2D eigenvalue weighted by atomic mass is 10.3. The van der Waals surface area contributed by atoms with Gasteiger partial charge in [0.25, 0.3) is 0 Å². The van der Waals surface area contributed by atoms with Crippen LogP contribution in [0.1, 0.15) is 25.7 Å². The number of nitrogens with one attached hydrogen (secondary N) is 1. The van der Waals surface area contributed by atoms with E-state index in [1.807, 2.05) is 18.2 Å². The van der Waals surface area contributed by atoms with E-state index in [1.54, 1.807) is 6.20 Å². The van der Waals surface area contributed by atoms with Gasteiger partial charge in [0.15, 0.2) is 0 Å². The molecule has 3 nitrogen and oxygen atoms in total. The first kappa shape index (κ1) is 10.4. The summed E-state index contributed by atoms with van der Waals surface area (Å²) in [6, 6.07) is 5.86. The summed E-state index contributed by atoms with van der Waals surface area (Å²) in [6.07, 6.45) is 7.44. The number of aromatic nitrogens is 1. The van der Waals surface area contributed by atoms with E-state index < -0.39 is 0 Å². The molecular formula is C12H18N2O. The van der Waals surface area contributed by atoms with Crippen LogP contribution >= 0.6 is 0 Å². The zero-order chi connectivity index (χ0) is 10.3. The highest BCUT2D eigenvalue weighted by Gasteiger charge is 2.14. The minimum Gasteiger partial charge on any atom is -0.376 e. The molecular weight excluding hydrogens is 188 g/mol. The van der Waals surface area contributed by atoms with E-state index in [0.29, 0.717) is 6.10 Å². The number of hydrogen-bond donors (Lipinski definition) is 1. The van der Waals surface area contributed by atoms with E-state index in [2.05, 4.69) is 10.3 Å². The summed E-state index contributed by atoms with van der Waals surface area (Å²) in [6.45, 7) is 1.62. The Balaban J connectivity index is 1.59. The molecule has 0 radical (unpaired) electrons. The Hall–Kier alpha value is -1.09. The number of ether oxygens (including phenoxy) is 1. The van der Waals surface area contributed by atoms with Crippen molar-refractivity contribution in [1.82, 2.24) is 4.98 Å². The van der Waals surface area contributed by atoms with Crippen molar-refractivity contribution in [2.45, 2.75) is 31.8 Å². The van der Waals surface area contributed by atoms with Crippen LogP contribution in [-0.4, -0.2) is 24.2 Å². The molecule has 0 unspecified atom stereocenters. The molecule has 1 aromatic heterocycles. The van der Waals surface area contributed by atoms with Crippen molar-refractivity contribution in [2.24, 2.45) is 0 Å². The lowest BCUT2D eigenvalue weighted by molar-refractivity contribution is 0.0658. The smallest absolute Gasteiger partial charge is 0.125 e. The highest BCUT2D eigenvalue weighted by atomic mass is 16.5. The molecule has 1 aliphatic carbocycles. The third-order valence-electron chi connectivity index (χ3n) is 2.73. The molecule has 0 saturated heterocycles. The van der Waals surface area contributed by atoms with Crippen molar-refractivity contribution in [3.63, 3.8) is 0 Å². The van der Waals surface area contributed by atoms with E-state index >= 15 is 0 Å². The van der Waals surface area contributed by atoms with Crippen LogP contribution in [0.3, 0.4) is 0 Å². The Morgan fingerprint density at radius 3 is 2.93 bits per heavy atom. The predicted molar refractivity (Wildman–Crippen MR) is 60.9 cm³/mol. The molecule has 1 aliphatic rings. The molecule has 0 aromatic carbocycles. The summed E-state index contributed by atoms with van der Waals surface area (Å²) in [4.78, 5) is 4.18. The molecule has 1 heterocycles. The summed E-state index contributed by atoms with van der Waals surface area (Å²) in [5, 5.41) is 3.23.